The van der Waals surface area contributed by atoms with Crippen LogP contribution in [0.3, 0.4) is 0 Å². The van der Waals surface area contributed by atoms with E-state index in [-0.39, 0.29) is 5.97 Å². The summed E-state index contributed by atoms with van der Waals surface area (Å²) in [7, 11) is 0. The third kappa shape index (κ3) is 5.57. The van der Waals surface area contributed by atoms with Gasteiger partial charge in [0.2, 0.25) is 0 Å². The van der Waals surface area contributed by atoms with E-state index in [1.165, 1.54) is 6.92 Å². The van der Waals surface area contributed by atoms with E-state index in [0.717, 1.165) is 5.57 Å². The average Bonchev–Trinajstić information content (AvgIpc) is 2.10. The molecule has 0 unspecified atom stereocenters. The topological polar surface area (TPSA) is 26.3 Å². The number of carbonyl (C=O) groups excluding carboxylic acids is 1. The lowest BCUT2D eigenvalue weighted by Gasteiger charge is -2.13. The minimum atomic E-state index is -0.238. The van der Waals surface area contributed by atoms with Crippen molar-refractivity contribution in [2.75, 3.05) is 6.61 Å². The fraction of sp³-hybridized carbons (Fsp3) is 0.583. The number of rotatable bonds is 5. The quantitative estimate of drug-likeness (QED) is 0.499. The minimum absolute atomic E-state index is 0.238. The second-order valence-electron chi connectivity index (χ2n) is 3.85. The molecule has 0 saturated carbocycles. The number of esters is 1. The van der Waals surface area contributed by atoms with Gasteiger partial charge in [0.15, 0.2) is 0 Å². The standard InChI is InChI=1S/C12H20O2/c1-6-12(9(2)3)7-10(4)8-14-11(5)13/h6-7,9,12H,1,8H2,2-5H3/b10-7+/t12-/m0/s1. The maximum atomic E-state index is 10.6. The molecule has 0 bridgehead atoms. The molecular formula is C12H20O2. The first-order chi connectivity index (χ1) is 6.47. The Hall–Kier alpha value is -1.05. The normalized spacial score (nSPS) is 13.9. The summed E-state index contributed by atoms with van der Waals surface area (Å²) in [5.41, 5.74) is 1.07. The summed E-state index contributed by atoms with van der Waals surface area (Å²) in [5, 5.41) is 0. The minimum Gasteiger partial charge on any atom is -0.461 e. The lowest BCUT2D eigenvalue weighted by molar-refractivity contribution is -0.139. The predicted octanol–water partition coefficient (Wildman–Crippen LogP) is 2.95. The van der Waals surface area contributed by atoms with E-state index in [2.05, 4.69) is 26.5 Å². The van der Waals surface area contributed by atoms with Crippen LogP contribution >= 0.6 is 0 Å². The summed E-state index contributed by atoms with van der Waals surface area (Å²) in [4.78, 5) is 10.6. The van der Waals surface area contributed by atoms with Crippen LogP contribution in [0.5, 0.6) is 0 Å². The highest BCUT2D eigenvalue weighted by molar-refractivity contribution is 5.66. The average molecular weight is 196 g/mol. The number of carbonyl (C=O) groups is 1. The van der Waals surface area contributed by atoms with Crippen molar-refractivity contribution in [3.05, 3.63) is 24.3 Å². The van der Waals surface area contributed by atoms with Gasteiger partial charge in [0.25, 0.3) is 0 Å². The molecule has 0 amide bonds. The Morgan fingerprint density at radius 2 is 2.00 bits per heavy atom. The Morgan fingerprint density at radius 3 is 2.36 bits per heavy atom. The summed E-state index contributed by atoms with van der Waals surface area (Å²) in [6.07, 6.45) is 4.02. The SMILES string of the molecule is C=C[C@@H](/C=C(\C)COC(C)=O)C(C)C. The molecule has 0 aromatic rings. The Labute approximate surface area is 86.6 Å². The van der Waals surface area contributed by atoms with Crippen molar-refractivity contribution in [1.82, 2.24) is 0 Å². The Morgan fingerprint density at radius 1 is 1.43 bits per heavy atom. The van der Waals surface area contributed by atoms with Crippen molar-refractivity contribution in [3.8, 4) is 0 Å². The molecule has 2 nitrogen and oxygen atoms in total. The van der Waals surface area contributed by atoms with Gasteiger partial charge in [-0.15, -0.1) is 6.58 Å². The second-order valence-corrected chi connectivity index (χ2v) is 3.85. The molecule has 0 aliphatic carbocycles. The van der Waals surface area contributed by atoms with Crippen LogP contribution in [0.1, 0.15) is 27.7 Å². The van der Waals surface area contributed by atoms with Crippen LogP contribution in [0.15, 0.2) is 24.3 Å². The molecule has 14 heavy (non-hydrogen) atoms. The molecule has 0 aromatic heterocycles. The Kier molecular flexibility index (Phi) is 5.93. The van der Waals surface area contributed by atoms with Gasteiger partial charge in [-0.1, -0.05) is 26.0 Å². The lowest BCUT2D eigenvalue weighted by atomic mass is 9.94. The zero-order chi connectivity index (χ0) is 11.1. The van der Waals surface area contributed by atoms with Gasteiger partial charge in [0.1, 0.15) is 6.61 Å². The van der Waals surface area contributed by atoms with Crippen LogP contribution in [-0.2, 0) is 9.53 Å². The maximum Gasteiger partial charge on any atom is 0.302 e. The number of allylic oxidation sites excluding steroid dienone is 2. The monoisotopic (exact) mass is 196 g/mol. The molecule has 80 valence electrons. The molecule has 0 aromatic carbocycles. The summed E-state index contributed by atoms with van der Waals surface area (Å²) in [6.45, 7) is 11.8. The van der Waals surface area contributed by atoms with Gasteiger partial charge in [0, 0.05) is 6.92 Å². The first-order valence-electron chi connectivity index (χ1n) is 4.90. The summed E-state index contributed by atoms with van der Waals surface area (Å²) in [5.74, 6) is 0.641. The third-order valence-corrected chi connectivity index (χ3v) is 2.02. The first-order valence-corrected chi connectivity index (χ1v) is 4.90. The first kappa shape index (κ1) is 12.9. The third-order valence-electron chi connectivity index (χ3n) is 2.02. The lowest BCUT2D eigenvalue weighted by Crippen LogP contribution is -2.06. The van der Waals surface area contributed by atoms with Crippen LogP contribution in [0.25, 0.3) is 0 Å². The van der Waals surface area contributed by atoms with Crippen LogP contribution in [-0.4, -0.2) is 12.6 Å². The van der Waals surface area contributed by atoms with E-state index in [9.17, 15) is 4.79 Å². The highest BCUT2D eigenvalue weighted by Gasteiger charge is 2.06. The van der Waals surface area contributed by atoms with E-state index in [4.69, 9.17) is 4.74 Å². The maximum absolute atomic E-state index is 10.6. The van der Waals surface area contributed by atoms with Crippen LogP contribution < -0.4 is 0 Å². The summed E-state index contributed by atoms with van der Waals surface area (Å²) < 4.78 is 4.89. The molecule has 0 fully saturated rings. The molecule has 0 aliphatic heterocycles. The van der Waals surface area contributed by atoms with Gasteiger partial charge >= 0.3 is 5.97 Å². The molecule has 0 rings (SSSR count). The zero-order valence-corrected chi connectivity index (χ0v) is 9.54. The van der Waals surface area contributed by atoms with Gasteiger partial charge in [-0.3, -0.25) is 4.79 Å². The van der Waals surface area contributed by atoms with Gasteiger partial charge < -0.3 is 4.74 Å². The van der Waals surface area contributed by atoms with Crippen molar-refractivity contribution >= 4 is 5.97 Å². The fourth-order valence-electron chi connectivity index (χ4n) is 1.12. The molecule has 1 atom stereocenters. The van der Waals surface area contributed by atoms with E-state index in [0.29, 0.717) is 18.4 Å². The molecule has 2 heteroatoms. The van der Waals surface area contributed by atoms with Crippen molar-refractivity contribution in [1.29, 1.82) is 0 Å². The molecule has 0 spiro atoms. The molecular weight excluding hydrogens is 176 g/mol. The largest absolute Gasteiger partial charge is 0.461 e. The Bertz CT molecular complexity index is 226. The van der Waals surface area contributed by atoms with Gasteiger partial charge in [-0.25, -0.2) is 0 Å². The fourth-order valence-corrected chi connectivity index (χ4v) is 1.12. The van der Waals surface area contributed by atoms with Crippen molar-refractivity contribution in [3.63, 3.8) is 0 Å². The van der Waals surface area contributed by atoms with Crippen LogP contribution in [0, 0.1) is 11.8 Å². The molecule has 0 heterocycles. The predicted molar refractivity (Wildman–Crippen MR) is 58.9 cm³/mol. The van der Waals surface area contributed by atoms with Crippen molar-refractivity contribution < 1.29 is 9.53 Å². The summed E-state index contributed by atoms with van der Waals surface area (Å²) in [6, 6.07) is 0. The van der Waals surface area contributed by atoms with E-state index >= 15 is 0 Å². The molecule has 0 N–H and O–H groups in total. The van der Waals surface area contributed by atoms with E-state index < -0.39 is 0 Å². The van der Waals surface area contributed by atoms with E-state index in [1.54, 1.807) is 0 Å². The van der Waals surface area contributed by atoms with Gasteiger partial charge in [0.05, 0.1) is 0 Å². The summed E-state index contributed by atoms with van der Waals surface area (Å²) >= 11 is 0. The number of hydrogen-bond acceptors (Lipinski definition) is 2. The van der Waals surface area contributed by atoms with Crippen LogP contribution in [0.2, 0.25) is 0 Å². The molecule has 0 aliphatic rings. The number of hydrogen-bond donors (Lipinski definition) is 0. The molecule has 0 radical (unpaired) electrons. The molecule has 0 saturated heterocycles. The second kappa shape index (κ2) is 6.41. The Balaban J connectivity index is 4.18. The highest BCUT2D eigenvalue weighted by Crippen LogP contribution is 2.15. The van der Waals surface area contributed by atoms with Crippen LogP contribution in [0.4, 0.5) is 0 Å². The highest BCUT2D eigenvalue weighted by atomic mass is 16.5. The van der Waals surface area contributed by atoms with Crippen molar-refractivity contribution in [2.24, 2.45) is 11.8 Å². The van der Waals surface area contributed by atoms with Crippen molar-refractivity contribution in [2.45, 2.75) is 27.7 Å². The van der Waals surface area contributed by atoms with E-state index in [1.807, 2.05) is 13.0 Å². The zero-order valence-electron chi connectivity index (χ0n) is 9.54. The van der Waals surface area contributed by atoms with Gasteiger partial charge in [-0.2, -0.15) is 0 Å². The van der Waals surface area contributed by atoms with Gasteiger partial charge in [-0.05, 0) is 24.3 Å². The number of ether oxygens (including phenoxy) is 1. The smallest absolute Gasteiger partial charge is 0.302 e.